The van der Waals surface area contributed by atoms with Gasteiger partial charge in [-0.25, -0.2) is 9.59 Å². The number of aliphatic carboxylic acids is 1. The molecule has 0 radical (unpaired) electrons. The minimum Gasteiger partial charge on any atom is -0.480 e. The van der Waals surface area contributed by atoms with Gasteiger partial charge in [0, 0.05) is 13.0 Å². The fourth-order valence-corrected chi connectivity index (χ4v) is 2.99. The number of benzene rings is 1. The van der Waals surface area contributed by atoms with E-state index in [0.29, 0.717) is 32.2 Å². The van der Waals surface area contributed by atoms with Crippen LogP contribution in [0.3, 0.4) is 0 Å². The Morgan fingerprint density at radius 3 is 2.74 bits per heavy atom. The first-order valence-electron chi connectivity index (χ1n) is 8.97. The van der Waals surface area contributed by atoms with E-state index < -0.39 is 30.1 Å². The van der Waals surface area contributed by atoms with Gasteiger partial charge in [0.1, 0.15) is 18.7 Å². The van der Waals surface area contributed by atoms with Gasteiger partial charge in [-0.05, 0) is 31.2 Å². The van der Waals surface area contributed by atoms with Crippen LogP contribution < -0.4 is 5.32 Å². The maximum absolute atomic E-state index is 12.5. The van der Waals surface area contributed by atoms with E-state index in [2.05, 4.69) is 11.2 Å². The third kappa shape index (κ3) is 6.03. The lowest BCUT2D eigenvalue weighted by atomic mass is 10.1. The van der Waals surface area contributed by atoms with E-state index in [1.54, 1.807) is 0 Å². The van der Waals surface area contributed by atoms with Crippen molar-refractivity contribution in [3.63, 3.8) is 0 Å². The van der Waals surface area contributed by atoms with Crippen LogP contribution in [-0.2, 0) is 20.9 Å². The van der Waals surface area contributed by atoms with E-state index in [9.17, 15) is 19.5 Å². The minimum atomic E-state index is -1.11. The summed E-state index contributed by atoms with van der Waals surface area (Å²) in [6.07, 6.45) is 6.93. The highest BCUT2D eigenvalue weighted by atomic mass is 16.6. The van der Waals surface area contributed by atoms with Gasteiger partial charge in [0.25, 0.3) is 0 Å². The number of carbonyl (C=O) groups is 3. The first-order valence-corrected chi connectivity index (χ1v) is 8.97. The third-order valence-corrected chi connectivity index (χ3v) is 4.42. The molecule has 1 fully saturated rings. The van der Waals surface area contributed by atoms with Gasteiger partial charge in [-0.15, -0.1) is 12.3 Å². The summed E-state index contributed by atoms with van der Waals surface area (Å²) in [5, 5.41) is 11.8. The maximum Gasteiger partial charge on any atom is 0.410 e. The molecule has 1 aliphatic rings. The lowest BCUT2D eigenvalue weighted by Gasteiger charge is -2.25. The van der Waals surface area contributed by atoms with Crippen LogP contribution in [0.15, 0.2) is 30.3 Å². The Labute approximate surface area is 158 Å². The van der Waals surface area contributed by atoms with Crippen LogP contribution in [0.5, 0.6) is 0 Å². The molecule has 2 rings (SSSR count). The lowest BCUT2D eigenvalue weighted by molar-refractivity contribution is -0.142. The number of amides is 2. The second kappa shape index (κ2) is 10.2. The van der Waals surface area contributed by atoms with Gasteiger partial charge in [-0.1, -0.05) is 30.3 Å². The van der Waals surface area contributed by atoms with Gasteiger partial charge in [0.15, 0.2) is 0 Å². The molecule has 0 spiro atoms. The molecule has 7 nitrogen and oxygen atoms in total. The number of likely N-dealkylation sites (tertiary alicyclic amines) is 1. The molecule has 1 aromatic rings. The smallest absolute Gasteiger partial charge is 0.410 e. The molecule has 0 bridgehead atoms. The van der Waals surface area contributed by atoms with Crippen molar-refractivity contribution in [2.75, 3.05) is 6.54 Å². The molecule has 1 aromatic carbocycles. The van der Waals surface area contributed by atoms with Crippen molar-refractivity contribution in [1.29, 1.82) is 0 Å². The highest BCUT2D eigenvalue weighted by Gasteiger charge is 2.36. The summed E-state index contributed by atoms with van der Waals surface area (Å²) >= 11 is 0. The Morgan fingerprint density at radius 1 is 1.33 bits per heavy atom. The summed E-state index contributed by atoms with van der Waals surface area (Å²) in [4.78, 5) is 37.6. The number of carbonyl (C=O) groups excluding carboxylic acids is 2. The highest BCUT2D eigenvalue weighted by Crippen LogP contribution is 2.19. The van der Waals surface area contributed by atoms with Gasteiger partial charge in [-0.2, -0.15) is 0 Å². The molecule has 27 heavy (non-hydrogen) atoms. The summed E-state index contributed by atoms with van der Waals surface area (Å²) in [5.41, 5.74) is 0.852. The first-order chi connectivity index (χ1) is 13.0. The molecule has 0 saturated carbocycles. The number of hydrogen-bond donors (Lipinski definition) is 2. The summed E-state index contributed by atoms with van der Waals surface area (Å²) in [6.45, 7) is 0.523. The van der Waals surface area contributed by atoms with Crippen molar-refractivity contribution < 1.29 is 24.2 Å². The van der Waals surface area contributed by atoms with Crippen LogP contribution in [0.2, 0.25) is 0 Å². The molecule has 0 aromatic heterocycles. The van der Waals surface area contributed by atoms with Gasteiger partial charge in [0.2, 0.25) is 5.91 Å². The summed E-state index contributed by atoms with van der Waals surface area (Å²) < 4.78 is 5.29. The van der Waals surface area contributed by atoms with Gasteiger partial charge in [0.05, 0.1) is 0 Å². The first kappa shape index (κ1) is 20.3. The number of terminal acetylenes is 1. The summed E-state index contributed by atoms with van der Waals surface area (Å²) in [6, 6.07) is 7.51. The number of ether oxygens (including phenoxy) is 1. The van der Waals surface area contributed by atoms with Crippen molar-refractivity contribution in [3.05, 3.63) is 35.9 Å². The Balaban J connectivity index is 1.91. The number of carboxylic acids is 1. The Morgan fingerprint density at radius 2 is 2.07 bits per heavy atom. The second-order valence-electron chi connectivity index (χ2n) is 6.39. The number of carboxylic acid groups (broad SMARTS) is 1. The van der Waals surface area contributed by atoms with E-state index in [1.807, 2.05) is 30.3 Å². The average Bonchev–Trinajstić information content (AvgIpc) is 3.16. The van der Waals surface area contributed by atoms with E-state index in [1.165, 1.54) is 4.90 Å². The predicted molar refractivity (Wildman–Crippen MR) is 98.6 cm³/mol. The number of unbranched alkanes of at least 4 members (excludes halogenated alkanes) is 1. The highest BCUT2D eigenvalue weighted by molar-refractivity contribution is 5.89. The number of hydrogen-bond acceptors (Lipinski definition) is 4. The average molecular weight is 372 g/mol. The van der Waals surface area contributed by atoms with E-state index >= 15 is 0 Å². The lowest BCUT2D eigenvalue weighted by Crippen LogP contribution is -2.50. The molecular weight excluding hydrogens is 348 g/mol. The Hall–Kier alpha value is -3.01. The summed E-state index contributed by atoms with van der Waals surface area (Å²) in [7, 11) is 0. The number of rotatable bonds is 8. The predicted octanol–water partition coefficient (Wildman–Crippen LogP) is 2.16. The molecule has 0 aliphatic carbocycles. The normalized spacial score (nSPS) is 17.0. The van der Waals surface area contributed by atoms with Crippen LogP contribution in [-0.4, -0.2) is 46.6 Å². The van der Waals surface area contributed by atoms with Crippen molar-refractivity contribution in [2.24, 2.45) is 0 Å². The number of nitrogens with zero attached hydrogens (tertiary/aromatic N) is 1. The summed E-state index contributed by atoms with van der Waals surface area (Å²) in [5.74, 6) is 0.856. The Kier molecular flexibility index (Phi) is 7.68. The maximum atomic E-state index is 12.5. The van der Waals surface area contributed by atoms with Crippen molar-refractivity contribution in [3.8, 4) is 12.3 Å². The third-order valence-electron chi connectivity index (χ3n) is 4.42. The zero-order chi connectivity index (χ0) is 19.6. The molecular formula is C20H24N2O5. The van der Waals surface area contributed by atoms with E-state index in [0.717, 1.165) is 5.56 Å². The van der Waals surface area contributed by atoms with Gasteiger partial charge in [-0.3, -0.25) is 9.69 Å². The molecule has 1 saturated heterocycles. The monoisotopic (exact) mass is 372 g/mol. The largest absolute Gasteiger partial charge is 0.480 e. The molecule has 2 N–H and O–H groups in total. The van der Waals surface area contributed by atoms with Crippen LogP contribution in [0.25, 0.3) is 0 Å². The molecule has 2 amide bonds. The van der Waals surface area contributed by atoms with Crippen LogP contribution >= 0.6 is 0 Å². The molecule has 2 atom stereocenters. The van der Waals surface area contributed by atoms with E-state index in [-0.39, 0.29) is 13.0 Å². The minimum absolute atomic E-state index is 0.119. The zero-order valence-corrected chi connectivity index (χ0v) is 15.1. The van der Waals surface area contributed by atoms with Crippen molar-refractivity contribution in [2.45, 2.75) is 50.8 Å². The van der Waals surface area contributed by atoms with Gasteiger partial charge >= 0.3 is 12.1 Å². The van der Waals surface area contributed by atoms with Crippen LogP contribution in [0.4, 0.5) is 4.79 Å². The van der Waals surface area contributed by atoms with E-state index in [4.69, 9.17) is 11.2 Å². The number of nitrogens with one attached hydrogen (secondary N) is 1. The fourth-order valence-electron chi connectivity index (χ4n) is 2.99. The zero-order valence-electron chi connectivity index (χ0n) is 15.1. The van der Waals surface area contributed by atoms with Crippen molar-refractivity contribution >= 4 is 18.0 Å². The van der Waals surface area contributed by atoms with Crippen LogP contribution in [0.1, 0.15) is 37.7 Å². The van der Waals surface area contributed by atoms with Crippen LogP contribution in [0, 0.1) is 12.3 Å². The topological polar surface area (TPSA) is 95.9 Å². The molecule has 1 aliphatic heterocycles. The molecule has 1 heterocycles. The van der Waals surface area contributed by atoms with Crippen molar-refractivity contribution in [1.82, 2.24) is 10.2 Å². The quantitative estimate of drug-likeness (QED) is 0.538. The SMILES string of the molecule is C#CCCC[C@H](NC(=O)[C@H]1CCCN1C(=O)OCc1ccccc1)C(=O)O. The fraction of sp³-hybridized carbons (Fsp3) is 0.450. The second-order valence-corrected chi connectivity index (χ2v) is 6.39. The molecule has 0 unspecified atom stereocenters. The Bertz CT molecular complexity index is 698. The molecule has 7 heteroatoms. The standard InChI is InChI=1S/C20H24N2O5/c1-2-3-5-11-16(19(24)25)21-18(23)17-12-8-13-22(17)20(26)27-14-15-9-6-4-7-10-15/h1,4,6-7,9-10,16-17H,3,5,8,11-14H2,(H,21,23)(H,24,25)/t16-,17+/m0/s1. The van der Waals surface area contributed by atoms with Gasteiger partial charge < -0.3 is 15.2 Å². The molecule has 144 valence electrons.